The van der Waals surface area contributed by atoms with E-state index in [4.69, 9.17) is 4.74 Å². The third kappa shape index (κ3) is 3.23. The summed E-state index contributed by atoms with van der Waals surface area (Å²) in [5, 5.41) is 10.3. The second-order valence-corrected chi connectivity index (χ2v) is 5.65. The lowest BCUT2D eigenvalue weighted by Crippen LogP contribution is -2.24. The number of rotatable bonds is 6. The number of unbranched alkanes of at least 4 members (excludes halogenated alkanes) is 1. The zero-order valence-corrected chi connectivity index (χ0v) is 13.2. The minimum atomic E-state index is -0.602. The molecule has 3 rings (SSSR count). The van der Waals surface area contributed by atoms with Crippen LogP contribution in [-0.2, 0) is 4.79 Å². The molecule has 0 amide bonds. The fraction of sp³-hybridized carbons (Fsp3) is 0.200. The lowest BCUT2D eigenvalue weighted by molar-refractivity contribution is -0.112. The van der Waals surface area contributed by atoms with Crippen molar-refractivity contribution >= 4 is 17.3 Å². The second-order valence-electron chi connectivity index (χ2n) is 5.65. The summed E-state index contributed by atoms with van der Waals surface area (Å²) in [6.45, 7) is 0.525. The van der Waals surface area contributed by atoms with E-state index in [1.54, 1.807) is 24.3 Å². The largest absolute Gasteiger partial charge is 0.507 e. The fourth-order valence-corrected chi connectivity index (χ4v) is 2.76. The average molecular weight is 322 g/mol. The van der Waals surface area contributed by atoms with E-state index in [9.17, 15) is 14.7 Å². The van der Waals surface area contributed by atoms with Gasteiger partial charge < -0.3 is 9.84 Å². The maximum Gasteiger partial charge on any atom is 0.234 e. The first-order valence-corrected chi connectivity index (χ1v) is 7.97. The molecule has 122 valence electrons. The first-order valence-electron chi connectivity index (χ1n) is 7.97. The van der Waals surface area contributed by atoms with Crippen LogP contribution in [0.4, 0.5) is 0 Å². The van der Waals surface area contributed by atoms with Crippen molar-refractivity contribution in [1.82, 2.24) is 0 Å². The number of aliphatic hydroxyl groups excluding tert-OH is 1. The molecule has 4 nitrogen and oxygen atoms in total. The first-order chi connectivity index (χ1) is 11.7. The Kier molecular flexibility index (Phi) is 4.75. The Morgan fingerprint density at radius 3 is 2.21 bits per heavy atom. The number of allylic oxidation sites excluding steroid dienone is 1. The molecule has 4 heteroatoms. The number of ketones is 2. The highest BCUT2D eigenvalue weighted by molar-refractivity contribution is 6.52. The Labute approximate surface area is 140 Å². The Morgan fingerprint density at radius 2 is 1.46 bits per heavy atom. The van der Waals surface area contributed by atoms with Crippen molar-refractivity contribution in [2.24, 2.45) is 0 Å². The Bertz CT molecular complexity index is 790. The van der Waals surface area contributed by atoms with Crippen LogP contribution in [0.25, 0.3) is 5.76 Å². The summed E-state index contributed by atoms with van der Waals surface area (Å²) >= 11 is 0. The number of aliphatic hydroxyl groups is 1. The normalized spacial score (nSPS) is 13.8. The van der Waals surface area contributed by atoms with E-state index in [1.807, 2.05) is 30.3 Å². The van der Waals surface area contributed by atoms with Gasteiger partial charge in [0.2, 0.25) is 11.6 Å². The van der Waals surface area contributed by atoms with Gasteiger partial charge in [0.15, 0.2) is 0 Å². The van der Waals surface area contributed by atoms with E-state index < -0.39 is 11.6 Å². The Morgan fingerprint density at radius 1 is 0.792 bits per heavy atom. The minimum absolute atomic E-state index is 0.0702. The topological polar surface area (TPSA) is 63.6 Å². The van der Waals surface area contributed by atoms with Crippen molar-refractivity contribution in [3.63, 3.8) is 0 Å². The molecule has 0 fully saturated rings. The van der Waals surface area contributed by atoms with Gasteiger partial charge in [-0.25, -0.2) is 0 Å². The van der Waals surface area contributed by atoms with Crippen LogP contribution in [0.3, 0.4) is 0 Å². The van der Waals surface area contributed by atoms with Crippen LogP contribution in [0, 0.1) is 0 Å². The van der Waals surface area contributed by atoms with Crippen molar-refractivity contribution in [2.45, 2.75) is 19.3 Å². The average Bonchev–Trinajstić information content (AvgIpc) is 2.63. The highest BCUT2D eigenvalue weighted by Crippen LogP contribution is 2.30. The lowest BCUT2D eigenvalue weighted by atomic mass is 9.86. The number of benzene rings is 2. The summed E-state index contributed by atoms with van der Waals surface area (Å²) in [6.07, 6.45) is 1.76. The smallest absolute Gasteiger partial charge is 0.234 e. The standard InChI is InChI=1S/C20H18O4/c21-18-15-10-4-5-11-16(15)19(22)20(23)17(18)12-6-7-13-24-14-8-2-1-3-9-14/h1-5,8-11,21H,6-7,12-13H2. The molecule has 0 aliphatic heterocycles. The van der Waals surface area contributed by atoms with Gasteiger partial charge in [0.1, 0.15) is 11.5 Å². The van der Waals surface area contributed by atoms with Crippen molar-refractivity contribution in [3.05, 3.63) is 71.3 Å². The van der Waals surface area contributed by atoms with Crippen LogP contribution >= 0.6 is 0 Å². The monoisotopic (exact) mass is 322 g/mol. The molecule has 2 aromatic rings. The summed E-state index contributed by atoms with van der Waals surface area (Å²) in [4.78, 5) is 24.3. The number of fused-ring (bicyclic) bond motifs is 1. The Balaban J connectivity index is 1.60. The van der Waals surface area contributed by atoms with Crippen LogP contribution in [0.2, 0.25) is 0 Å². The third-order valence-electron chi connectivity index (χ3n) is 4.03. The molecule has 0 saturated carbocycles. The number of hydrogen-bond donors (Lipinski definition) is 1. The fourth-order valence-electron chi connectivity index (χ4n) is 2.76. The van der Waals surface area contributed by atoms with Gasteiger partial charge >= 0.3 is 0 Å². The summed E-state index contributed by atoms with van der Waals surface area (Å²) in [5.41, 5.74) is 0.923. The van der Waals surface area contributed by atoms with E-state index in [-0.39, 0.29) is 16.9 Å². The van der Waals surface area contributed by atoms with Gasteiger partial charge in [-0.2, -0.15) is 0 Å². The predicted molar refractivity (Wildman–Crippen MR) is 91.1 cm³/mol. The van der Waals surface area contributed by atoms with Gasteiger partial charge in [0, 0.05) is 16.7 Å². The van der Waals surface area contributed by atoms with Crippen LogP contribution < -0.4 is 4.74 Å². The summed E-state index contributed by atoms with van der Waals surface area (Å²) < 4.78 is 5.60. The van der Waals surface area contributed by atoms with Gasteiger partial charge in [-0.05, 0) is 31.4 Å². The molecule has 0 heterocycles. The molecule has 0 saturated heterocycles. The van der Waals surface area contributed by atoms with Crippen molar-refractivity contribution < 1.29 is 19.4 Å². The maximum absolute atomic E-state index is 12.2. The number of para-hydroxylation sites is 1. The Hall–Kier alpha value is -2.88. The van der Waals surface area contributed by atoms with Gasteiger partial charge in [0.05, 0.1) is 6.61 Å². The van der Waals surface area contributed by atoms with Crippen LogP contribution in [0.1, 0.15) is 35.2 Å². The van der Waals surface area contributed by atoms with Gasteiger partial charge in [-0.3, -0.25) is 9.59 Å². The molecule has 1 aliphatic carbocycles. The summed E-state index contributed by atoms with van der Waals surface area (Å²) in [5.74, 6) is -0.411. The molecule has 0 atom stereocenters. The van der Waals surface area contributed by atoms with Crippen LogP contribution in [0.15, 0.2) is 60.2 Å². The van der Waals surface area contributed by atoms with Crippen molar-refractivity contribution in [1.29, 1.82) is 0 Å². The lowest BCUT2D eigenvalue weighted by Gasteiger charge is -2.17. The quantitative estimate of drug-likeness (QED) is 0.645. The van der Waals surface area contributed by atoms with E-state index in [1.165, 1.54) is 0 Å². The molecule has 1 aliphatic rings. The molecule has 0 radical (unpaired) electrons. The van der Waals surface area contributed by atoms with Crippen molar-refractivity contribution in [3.8, 4) is 5.75 Å². The zero-order chi connectivity index (χ0) is 16.9. The molecule has 0 unspecified atom stereocenters. The number of hydrogen-bond acceptors (Lipinski definition) is 4. The maximum atomic E-state index is 12.2. The number of Topliss-reactive ketones (excluding diaryl/α,β-unsaturated/α-hetero) is 2. The number of ether oxygens (including phenoxy) is 1. The van der Waals surface area contributed by atoms with E-state index >= 15 is 0 Å². The molecule has 24 heavy (non-hydrogen) atoms. The first kappa shape index (κ1) is 16.0. The molecule has 0 aromatic heterocycles. The zero-order valence-electron chi connectivity index (χ0n) is 13.2. The van der Waals surface area contributed by atoms with E-state index in [2.05, 4.69) is 0 Å². The van der Waals surface area contributed by atoms with Crippen LogP contribution in [0.5, 0.6) is 5.75 Å². The highest BCUT2D eigenvalue weighted by Gasteiger charge is 2.31. The van der Waals surface area contributed by atoms with Gasteiger partial charge in [0.25, 0.3) is 0 Å². The summed E-state index contributed by atoms with van der Waals surface area (Å²) in [7, 11) is 0. The number of carbonyl (C=O) groups is 2. The molecular formula is C20H18O4. The SMILES string of the molecule is O=C1C(=O)c2ccccc2C(O)=C1CCCCOc1ccccc1. The molecule has 2 aromatic carbocycles. The molecular weight excluding hydrogens is 304 g/mol. The van der Waals surface area contributed by atoms with Crippen LogP contribution in [-0.4, -0.2) is 23.3 Å². The van der Waals surface area contributed by atoms with Gasteiger partial charge in [-0.1, -0.05) is 42.5 Å². The number of carbonyl (C=O) groups excluding carboxylic acids is 2. The van der Waals surface area contributed by atoms with Crippen molar-refractivity contribution in [2.75, 3.05) is 6.61 Å². The molecule has 0 spiro atoms. The predicted octanol–water partition coefficient (Wildman–Crippen LogP) is 3.97. The van der Waals surface area contributed by atoms with E-state index in [0.29, 0.717) is 25.0 Å². The molecule has 0 bridgehead atoms. The summed E-state index contributed by atoms with van der Waals surface area (Å²) in [6, 6.07) is 16.1. The van der Waals surface area contributed by atoms with Gasteiger partial charge in [-0.15, -0.1) is 0 Å². The van der Waals surface area contributed by atoms with E-state index in [0.717, 1.165) is 12.2 Å². The highest BCUT2D eigenvalue weighted by atomic mass is 16.5. The third-order valence-corrected chi connectivity index (χ3v) is 4.03. The molecule has 1 N–H and O–H groups in total. The second kappa shape index (κ2) is 7.13. The minimum Gasteiger partial charge on any atom is -0.507 e.